The largest absolute Gasteiger partial charge is 0.299 e. The van der Waals surface area contributed by atoms with Crippen molar-refractivity contribution < 1.29 is 9.18 Å². The van der Waals surface area contributed by atoms with Crippen molar-refractivity contribution in [3.8, 4) is 0 Å². The van der Waals surface area contributed by atoms with Gasteiger partial charge in [0.05, 0.1) is 0 Å². The van der Waals surface area contributed by atoms with E-state index in [0.717, 1.165) is 31.2 Å². The molecule has 0 N–H and O–H groups in total. The second kappa shape index (κ2) is 4.77. The molecule has 0 bridgehead atoms. The van der Waals surface area contributed by atoms with Crippen LogP contribution in [0.4, 0.5) is 4.39 Å². The molecule has 1 aliphatic rings. The summed E-state index contributed by atoms with van der Waals surface area (Å²) in [4.78, 5) is 11.9. The summed E-state index contributed by atoms with van der Waals surface area (Å²) in [5, 5.41) is 0. The number of hydrogen-bond acceptors (Lipinski definition) is 1. The lowest BCUT2D eigenvalue weighted by Crippen LogP contribution is -2.10. The molecule has 1 fully saturated rings. The van der Waals surface area contributed by atoms with Crippen LogP contribution in [0.5, 0.6) is 0 Å². The topological polar surface area (TPSA) is 17.1 Å². The number of rotatable bonds is 1. The van der Waals surface area contributed by atoms with E-state index in [9.17, 15) is 9.18 Å². The van der Waals surface area contributed by atoms with E-state index in [4.69, 9.17) is 0 Å². The van der Waals surface area contributed by atoms with Gasteiger partial charge in [-0.1, -0.05) is 25.0 Å². The van der Waals surface area contributed by atoms with Gasteiger partial charge in [-0.3, -0.25) is 4.79 Å². The van der Waals surface area contributed by atoms with E-state index in [-0.39, 0.29) is 11.7 Å². The first-order valence-corrected chi connectivity index (χ1v) is 5.97. The van der Waals surface area contributed by atoms with Crippen molar-refractivity contribution >= 4 is 5.78 Å². The fraction of sp³-hybridized carbons (Fsp3) is 0.500. The molecule has 0 saturated heterocycles. The number of halogens is 1. The number of carbonyl (C=O) groups is 1. The van der Waals surface area contributed by atoms with E-state index in [0.29, 0.717) is 17.8 Å². The number of carbonyl (C=O) groups excluding carboxylic acids is 1. The van der Waals surface area contributed by atoms with Crippen LogP contribution in [0.25, 0.3) is 0 Å². The molecule has 0 spiro atoms. The summed E-state index contributed by atoms with van der Waals surface area (Å²) < 4.78 is 13.2. The van der Waals surface area contributed by atoms with Crippen LogP contribution in [-0.4, -0.2) is 5.78 Å². The first kappa shape index (κ1) is 11.3. The second-order valence-corrected chi connectivity index (χ2v) is 4.63. The smallest absolute Gasteiger partial charge is 0.140 e. The molecule has 0 heterocycles. The summed E-state index contributed by atoms with van der Waals surface area (Å²) in [7, 11) is 0. The minimum atomic E-state index is -0.190. The summed E-state index contributed by atoms with van der Waals surface area (Å²) in [6, 6.07) is 5.06. The standard InChI is InChI=1S/C14H17FO/c1-10-9-11(7-8-13(10)15)12-5-3-2-4-6-14(12)16/h7-9,12H,2-6H2,1H3. The number of aryl methyl sites for hydroxylation is 1. The Balaban J connectivity index is 2.27. The Labute approximate surface area is 95.7 Å². The molecule has 86 valence electrons. The van der Waals surface area contributed by atoms with Gasteiger partial charge in [0.2, 0.25) is 0 Å². The van der Waals surface area contributed by atoms with Gasteiger partial charge >= 0.3 is 0 Å². The van der Waals surface area contributed by atoms with Gasteiger partial charge in [-0.25, -0.2) is 4.39 Å². The molecule has 0 amide bonds. The molecule has 1 aliphatic carbocycles. The van der Waals surface area contributed by atoms with Crippen molar-refractivity contribution in [1.29, 1.82) is 0 Å². The molecular weight excluding hydrogens is 203 g/mol. The highest BCUT2D eigenvalue weighted by Gasteiger charge is 2.22. The van der Waals surface area contributed by atoms with Crippen molar-refractivity contribution in [1.82, 2.24) is 0 Å². The molecule has 0 aromatic heterocycles. The number of benzene rings is 1. The lowest BCUT2D eigenvalue weighted by molar-refractivity contribution is -0.120. The third-order valence-corrected chi connectivity index (χ3v) is 3.39. The highest BCUT2D eigenvalue weighted by atomic mass is 19.1. The molecule has 16 heavy (non-hydrogen) atoms. The van der Waals surface area contributed by atoms with Gasteiger partial charge in [0.1, 0.15) is 11.6 Å². The fourth-order valence-corrected chi connectivity index (χ4v) is 2.40. The van der Waals surface area contributed by atoms with Crippen molar-refractivity contribution in [2.75, 3.05) is 0 Å². The van der Waals surface area contributed by atoms with Crippen LogP contribution >= 0.6 is 0 Å². The van der Waals surface area contributed by atoms with E-state index in [2.05, 4.69) is 0 Å². The van der Waals surface area contributed by atoms with Crippen LogP contribution < -0.4 is 0 Å². The first-order valence-electron chi connectivity index (χ1n) is 5.97. The Morgan fingerprint density at radius 3 is 2.81 bits per heavy atom. The third kappa shape index (κ3) is 2.31. The van der Waals surface area contributed by atoms with Crippen LogP contribution in [-0.2, 0) is 4.79 Å². The Bertz CT molecular complexity index is 398. The Morgan fingerprint density at radius 2 is 2.06 bits per heavy atom. The number of hydrogen-bond donors (Lipinski definition) is 0. The van der Waals surface area contributed by atoms with Crippen LogP contribution in [0.15, 0.2) is 18.2 Å². The minimum Gasteiger partial charge on any atom is -0.299 e. The van der Waals surface area contributed by atoms with E-state index in [1.807, 2.05) is 6.07 Å². The predicted octanol–water partition coefficient (Wildman–Crippen LogP) is 3.75. The Morgan fingerprint density at radius 1 is 1.25 bits per heavy atom. The normalized spacial score (nSPS) is 21.9. The van der Waals surface area contributed by atoms with Crippen molar-refractivity contribution in [2.24, 2.45) is 0 Å². The van der Waals surface area contributed by atoms with Gasteiger partial charge in [0.15, 0.2) is 0 Å². The average Bonchev–Trinajstić information content (AvgIpc) is 2.47. The quantitative estimate of drug-likeness (QED) is 0.659. The summed E-state index contributed by atoms with van der Waals surface area (Å²) in [5.74, 6) is 0.134. The van der Waals surface area contributed by atoms with Gasteiger partial charge in [0, 0.05) is 12.3 Å². The first-order chi connectivity index (χ1) is 7.68. The molecule has 1 saturated carbocycles. The lowest BCUT2D eigenvalue weighted by atomic mass is 9.90. The summed E-state index contributed by atoms with van der Waals surface area (Å²) in [5.41, 5.74) is 1.63. The maximum absolute atomic E-state index is 13.2. The molecule has 0 radical (unpaired) electrons. The van der Waals surface area contributed by atoms with Crippen LogP contribution in [0.1, 0.15) is 49.1 Å². The van der Waals surface area contributed by atoms with Gasteiger partial charge in [-0.2, -0.15) is 0 Å². The van der Waals surface area contributed by atoms with Crippen LogP contribution in [0.2, 0.25) is 0 Å². The second-order valence-electron chi connectivity index (χ2n) is 4.63. The molecule has 2 rings (SSSR count). The highest BCUT2D eigenvalue weighted by molar-refractivity contribution is 5.85. The number of ketones is 1. The average molecular weight is 220 g/mol. The summed E-state index contributed by atoms with van der Waals surface area (Å²) in [6.45, 7) is 1.75. The van der Waals surface area contributed by atoms with Crippen molar-refractivity contribution in [3.05, 3.63) is 35.1 Å². The highest BCUT2D eigenvalue weighted by Crippen LogP contribution is 2.29. The zero-order valence-electron chi connectivity index (χ0n) is 9.63. The molecule has 1 aromatic carbocycles. The maximum Gasteiger partial charge on any atom is 0.140 e. The fourth-order valence-electron chi connectivity index (χ4n) is 2.40. The number of Topliss-reactive ketones (excluding diaryl/α,β-unsaturated/α-hetero) is 1. The van der Waals surface area contributed by atoms with Gasteiger partial charge < -0.3 is 0 Å². The SMILES string of the molecule is Cc1cc(C2CCCCCC2=O)ccc1F. The Kier molecular flexibility index (Phi) is 3.37. The summed E-state index contributed by atoms with van der Waals surface area (Å²) in [6.07, 6.45) is 4.86. The van der Waals surface area contributed by atoms with E-state index in [1.165, 1.54) is 6.07 Å². The van der Waals surface area contributed by atoms with Gasteiger partial charge in [0.25, 0.3) is 0 Å². The van der Waals surface area contributed by atoms with E-state index >= 15 is 0 Å². The predicted molar refractivity (Wildman–Crippen MR) is 62.0 cm³/mol. The van der Waals surface area contributed by atoms with E-state index in [1.54, 1.807) is 13.0 Å². The lowest BCUT2D eigenvalue weighted by Gasteiger charge is -2.14. The summed E-state index contributed by atoms with van der Waals surface area (Å²) >= 11 is 0. The minimum absolute atomic E-state index is 0.00167. The molecule has 1 aromatic rings. The zero-order valence-corrected chi connectivity index (χ0v) is 9.63. The molecule has 1 atom stereocenters. The third-order valence-electron chi connectivity index (χ3n) is 3.39. The Hall–Kier alpha value is -1.18. The van der Waals surface area contributed by atoms with Gasteiger partial charge in [-0.15, -0.1) is 0 Å². The molecule has 0 aliphatic heterocycles. The van der Waals surface area contributed by atoms with Crippen LogP contribution in [0, 0.1) is 12.7 Å². The van der Waals surface area contributed by atoms with Crippen LogP contribution in [0.3, 0.4) is 0 Å². The van der Waals surface area contributed by atoms with E-state index < -0.39 is 0 Å². The zero-order chi connectivity index (χ0) is 11.5. The van der Waals surface area contributed by atoms with Crippen molar-refractivity contribution in [3.63, 3.8) is 0 Å². The molecule has 1 nitrogen and oxygen atoms in total. The van der Waals surface area contributed by atoms with Gasteiger partial charge in [-0.05, 0) is 37.0 Å². The molecule has 1 unspecified atom stereocenters. The monoisotopic (exact) mass is 220 g/mol. The molecular formula is C14H17FO. The van der Waals surface area contributed by atoms with Crippen molar-refractivity contribution in [2.45, 2.75) is 44.9 Å². The molecule has 2 heteroatoms. The maximum atomic E-state index is 13.2.